The maximum atomic E-state index is 12.3. The van der Waals surface area contributed by atoms with Gasteiger partial charge in [0.05, 0.1) is 11.4 Å². The highest BCUT2D eigenvalue weighted by atomic mass is 32.2. The topological polar surface area (TPSA) is 52.7 Å². The molecule has 1 fully saturated rings. The van der Waals surface area contributed by atoms with Gasteiger partial charge in [0.25, 0.3) is 0 Å². The third-order valence-electron chi connectivity index (χ3n) is 4.77. The molecule has 6 heteroatoms. The van der Waals surface area contributed by atoms with E-state index in [-0.39, 0.29) is 18.4 Å². The molecule has 0 spiro atoms. The first-order valence-electron chi connectivity index (χ1n) is 8.68. The number of para-hydroxylation sites is 1. The molecule has 24 heavy (non-hydrogen) atoms. The van der Waals surface area contributed by atoms with Crippen molar-refractivity contribution in [1.29, 1.82) is 0 Å². The number of benzene rings is 1. The molecule has 0 saturated carbocycles. The van der Waals surface area contributed by atoms with Crippen molar-refractivity contribution >= 4 is 29.3 Å². The SMILES string of the molecule is C[C@H]1CCCCN1CCNC(=O)CN1C(=O)CSc2ccccc21. The molecule has 0 bridgehead atoms. The average Bonchev–Trinajstić information content (AvgIpc) is 2.59. The smallest absolute Gasteiger partial charge is 0.240 e. The van der Waals surface area contributed by atoms with Gasteiger partial charge in [-0.15, -0.1) is 11.8 Å². The molecule has 2 aliphatic rings. The second-order valence-corrected chi connectivity index (χ2v) is 7.48. The summed E-state index contributed by atoms with van der Waals surface area (Å²) in [5, 5.41) is 2.97. The molecule has 0 aliphatic carbocycles. The van der Waals surface area contributed by atoms with Gasteiger partial charge in [0.15, 0.2) is 0 Å². The van der Waals surface area contributed by atoms with E-state index in [1.165, 1.54) is 31.0 Å². The van der Waals surface area contributed by atoms with E-state index in [2.05, 4.69) is 17.1 Å². The van der Waals surface area contributed by atoms with E-state index < -0.39 is 0 Å². The van der Waals surface area contributed by atoms with E-state index in [1.54, 1.807) is 4.90 Å². The molecular weight excluding hydrogens is 322 g/mol. The van der Waals surface area contributed by atoms with E-state index in [9.17, 15) is 9.59 Å². The average molecular weight is 347 g/mol. The van der Waals surface area contributed by atoms with Crippen molar-refractivity contribution in [3.63, 3.8) is 0 Å². The Morgan fingerprint density at radius 2 is 2.17 bits per heavy atom. The van der Waals surface area contributed by atoms with Gasteiger partial charge >= 0.3 is 0 Å². The summed E-state index contributed by atoms with van der Waals surface area (Å²) in [6, 6.07) is 8.36. The van der Waals surface area contributed by atoms with Gasteiger partial charge in [0, 0.05) is 24.0 Å². The van der Waals surface area contributed by atoms with Crippen molar-refractivity contribution in [3.8, 4) is 0 Å². The highest BCUT2D eigenvalue weighted by Crippen LogP contribution is 2.34. The van der Waals surface area contributed by atoms with Gasteiger partial charge in [0.1, 0.15) is 6.54 Å². The first kappa shape index (κ1) is 17.3. The molecule has 2 aliphatic heterocycles. The van der Waals surface area contributed by atoms with Gasteiger partial charge in [-0.2, -0.15) is 0 Å². The normalized spacial score (nSPS) is 21.5. The van der Waals surface area contributed by atoms with Gasteiger partial charge in [-0.3, -0.25) is 14.5 Å². The van der Waals surface area contributed by atoms with E-state index in [4.69, 9.17) is 0 Å². The molecule has 0 unspecified atom stereocenters. The second kappa shape index (κ2) is 8.03. The van der Waals surface area contributed by atoms with Crippen LogP contribution in [0.2, 0.25) is 0 Å². The van der Waals surface area contributed by atoms with E-state index in [0.717, 1.165) is 23.7 Å². The quantitative estimate of drug-likeness (QED) is 0.886. The van der Waals surface area contributed by atoms with Crippen LogP contribution in [0.3, 0.4) is 0 Å². The van der Waals surface area contributed by atoms with Crippen molar-refractivity contribution in [2.75, 3.05) is 36.8 Å². The van der Waals surface area contributed by atoms with E-state index >= 15 is 0 Å². The number of carbonyl (C=O) groups is 2. The van der Waals surface area contributed by atoms with Gasteiger partial charge in [0.2, 0.25) is 11.8 Å². The fraction of sp³-hybridized carbons (Fsp3) is 0.556. The molecule has 1 aromatic carbocycles. The minimum atomic E-state index is -0.0882. The Labute approximate surface area is 147 Å². The molecule has 5 nitrogen and oxygen atoms in total. The van der Waals surface area contributed by atoms with Crippen LogP contribution >= 0.6 is 11.8 Å². The lowest BCUT2D eigenvalue weighted by atomic mass is 10.0. The largest absolute Gasteiger partial charge is 0.353 e. The zero-order valence-electron chi connectivity index (χ0n) is 14.2. The van der Waals surface area contributed by atoms with Gasteiger partial charge in [-0.05, 0) is 38.4 Å². The fourth-order valence-electron chi connectivity index (χ4n) is 3.36. The summed E-state index contributed by atoms with van der Waals surface area (Å²) in [5.74, 6) is 0.309. The van der Waals surface area contributed by atoms with E-state index in [1.807, 2.05) is 24.3 Å². The molecular formula is C18H25N3O2S. The molecule has 1 atom stereocenters. The van der Waals surface area contributed by atoms with E-state index in [0.29, 0.717) is 18.3 Å². The maximum absolute atomic E-state index is 12.3. The Morgan fingerprint density at radius 3 is 3.00 bits per heavy atom. The Balaban J connectivity index is 1.50. The van der Waals surface area contributed by atoms with Crippen LogP contribution in [-0.4, -0.2) is 54.7 Å². The summed E-state index contributed by atoms with van der Waals surface area (Å²) in [7, 11) is 0. The number of nitrogens with one attached hydrogen (secondary N) is 1. The summed E-state index contributed by atoms with van der Waals surface area (Å²) in [4.78, 5) is 29.5. The summed E-state index contributed by atoms with van der Waals surface area (Å²) in [6.07, 6.45) is 3.79. The number of hydrogen-bond donors (Lipinski definition) is 1. The molecule has 3 rings (SSSR count). The predicted octanol–water partition coefficient (Wildman–Crippen LogP) is 2.12. The fourth-order valence-corrected chi connectivity index (χ4v) is 4.29. The van der Waals surface area contributed by atoms with Crippen LogP contribution in [0.25, 0.3) is 0 Å². The van der Waals surface area contributed by atoms with Crippen molar-refractivity contribution in [2.24, 2.45) is 0 Å². The molecule has 2 amide bonds. The van der Waals surface area contributed by atoms with Crippen LogP contribution in [0.5, 0.6) is 0 Å². The number of nitrogens with zero attached hydrogens (tertiary/aromatic N) is 2. The van der Waals surface area contributed by atoms with Gasteiger partial charge in [-0.1, -0.05) is 18.6 Å². The van der Waals surface area contributed by atoms with Gasteiger partial charge in [-0.25, -0.2) is 0 Å². The number of fused-ring (bicyclic) bond motifs is 1. The lowest BCUT2D eigenvalue weighted by Gasteiger charge is -2.33. The Kier molecular flexibility index (Phi) is 5.79. The van der Waals surface area contributed by atoms with Crippen LogP contribution in [0, 0.1) is 0 Å². The zero-order valence-corrected chi connectivity index (χ0v) is 15.0. The third kappa shape index (κ3) is 4.11. The molecule has 130 valence electrons. The summed E-state index contributed by atoms with van der Waals surface area (Å²) in [5.41, 5.74) is 0.846. The number of carbonyl (C=O) groups excluding carboxylic acids is 2. The second-order valence-electron chi connectivity index (χ2n) is 6.47. The lowest BCUT2D eigenvalue weighted by Crippen LogP contribution is -2.46. The molecule has 1 saturated heterocycles. The van der Waals surface area contributed by atoms with Crippen LogP contribution in [0.4, 0.5) is 5.69 Å². The van der Waals surface area contributed by atoms with Crippen molar-refractivity contribution in [3.05, 3.63) is 24.3 Å². The Bertz CT molecular complexity index is 608. The minimum absolute atomic E-state index is 0.00139. The number of likely N-dealkylation sites (tertiary alicyclic amines) is 1. The first-order valence-corrected chi connectivity index (χ1v) is 9.66. The standard InChI is InChI=1S/C18H25N3O2S/c1-14-6-4-5-10-20(14)11-9-19-17(22)12-21-15-7-2-3-8-16(15)24-13-18(21)23/h2-3,7-8,14H,4-6,9-13H2,1H3,(H,19,22)/t14-/m0/s1. The highest BCUT2D eigenvalue weighted by molar-refractivity contribution is 8.00. The van der Waals surface area contributed by atoms with Crippen LogP contribution in [0.1, 0.15) is 26.2 Å². The number of amides is 2. The van der Waals surface area contributed by atoms with Crippen molar-refractivity contribution < 1.29 is 9.59 Å². The number of thioether (sulfide) groups is 1. The monoisotopic (exact) mass is 347 g/mol. The number of piperidine rings is 1. The first-order chi connectivity index (χ1) is 11.6. The Morgan fingerprint density at radius 1 is 1.33 bits per heavy atom. The molecule has 2 heterocycles. The molecule has 0 radical (unpaired) electrons. The number of rotatable bonds is 5. The third-order valence-corrected chi connectivity index (χ3v) is 5.82. The minimum Gasteiger partial charge on any atom is -0.353 e. The molecule has 1 aromatic rings. The summed E-state index contributed by atoms with van der Waals surface area (Å²) in [6.45, 7) is 5.00. The van der Waals surface area contributed by atoms with Crippen LogP contribution in [0.15, 0.2) is 29.2 Å². The van der Waals surface area contributed by atoms with Crippen molar-refractivity contribution in [1.82, 2.24) is 10.2 Å². The molecule has 1 N–H and O–H groups in total. The zero-order chi connectivity index (χ0) is 16.9. The van der Waals surface area contributed by atoms with Crippen LogP contribution in [-0.2, 0) is 9.59 Å². The lowest BCUT2D eigenvalue weighted by molar-refractivity contribution is -0.123. The van der Waals surface area contributed by atoms with Crippen LogP contribution < -0.4 is 10.2 Å². The molecule has 0 aromatic heterocycles. The highest BCUT2D eigenvalue weighted by Gasteiger charge is 2.26. The number of anilines is 1. The Hall–Kier alpha value is -1.53. The predicted molar refractivity (Wildman–Crippen MR) is 97.4 cm³/mol. The number of hydrogen-bond acceptors (Lipinski definition) is 4. The summed E-state index contributed by atoms with van der Waals surface area (Å²) >= 11 is 1.53. The summed E-state index contributed by atoms with van der Waals surface area (Å²) < 4.78 is 0. The maximum Gasteiger partial charge on any atom is 0.240 e. The van der Waals surface area contributed by atoms with Gasteiger partial charge < -0.3 is 10.2 Å². The van der Waals surface area contributed by atoms with Crippen molar-refractivity contribution in [2.45, 2.75) is 37.1 Å².